The number of fused-ring (bicyclic) bond motifs is 2. The third kappa shape index (κ3) is 9.18. The van der Waals surface area contributed by atoms with E-state index in [4.69, 9.17) is 9.57 Å². The van der Waals surface area contributed by atoms with Crippen LogP contribution in [0.3, 0.4) is 0 Å². The van der Waals surface area contributed by atoms with Gasteiger partial charge in [-0.1, -0.05) is 40.7 Å². The number of methoxy groups -OCH3 is 1. The minimum absolute atomic E-state index is 0.0263. The van der Waals surface area contributed by atoms with E-state index in [0.717, 1.165) is 60.4 Å². The molecule has 0 spiro atoms. The molecule has 0 radical (unpaired) electrons. The number of aliphatic hydroxyl groups excluding tert-OH is 1. The average molecular weight is 751 g/mol. The zero-order valence-corrected chi connectivity index (χ0v) is 35.2. The summed E-state index contributed by atoms with van der Waals surface area (Å²) in [6, 6.07) is 5.37. The van der Waals surface area contributed by atoms with E-state index in [1.807, 2.05) is 52.3 Å². The molecule has 54 heavy (non-hydrogen) atoms. The van der Waals surface area contributed by atoms with E-state index < -0.39 is 18.1 Å². The maximum Gasteiger partial charge on any atom is 0.251 e. The van der Waals surface area contributed by atoms with Gasteiger partial charge in [-0.05, 0) is 120 Å². The van der Waals surface area contributed by atoms with E-state index in [9.17, 15) is 14.7 Å². The molecule has 1 aliphatic heterocycles. The van der Waals surface area contributed by atoms with Gasteiger partial charge in [0.25, 0.3) is 5.91 Å². The smallest absolute Gasteiger partial charge is 0.251 e. The molecule has 11 heteroatoms. The van der Waals surface area contributed by atoms with Crippen LogP contribution in [0, 0.1) is 35.0 Å². The molecule has 4 N–H and O–H groups in total. The Kier molecular flexibility index (Phi) is 13.6. The number of ether oxygens (including phenoxy) is 1. The molecule has 2 bridgehead atoms. The predicted octanol–water partition coefficient (Wildman–Crippen LogP) is 5.24. The van der Waals surface area contributed by atoms with Crippen LogP contribution in [0.5, 0.6) is 0 Å². The minimum Gasteiger partial charge on any atom is -0.496 e. The summed E-state index contributed by atoms with van der Waals surface area (Å²) >= 11 is 0. The number of amides is 2. The molecule has 4 aliphatic carbocycles. The Morgan fingerprint density at radius 1 is 1.09 bits per heavy atom. The van der Waals surface area contributed by atoms with Crippen molar-refractivity contribution in [1.29, 1.82) is 0 Å². The fraction of sp³-hybridized carbons (Fsp3) is 0.721. The Morgan fingerprint density at radius 2 is 1.81 bits per heavy atom. The summed E-state index contributed by atoms with van der Waals surface area (Å²) < 4.78 is 6.18. The van der Waals surface area contributed by atoms with Crippen LogP contribution in [-0.2, 0) is 14.4 Å². The Morgan fingerprint density at radius 3 is 2.39 bits per heavy atom. The average Bonchev–Trinajstić information content (AvgIpc) is 3.44. The van der Waals surface area contributed by atoms with Gasteiger partial charge in [0.2, 0.25) is 5.91 Å². The molecule has 0 aromatic heterocycles. The largest absolute Gasteiger partial charge is 0.496 e. The van der Waals surface area contributed by atoms with Crippen LogP contribution >= 0.6 is 0 Å². The SMILES string of the molecule is CNc1cc(C(=O)N[C@@H](CC(C)C)CN(C)C)cc(C2=C(OC)C(CN3O[C@@H](CN(C)C)[C@@H]([C@H](C)O)[C@H]3C(=O)N[C@H]3C[C@H]4C[C@@H]([C@@H]3C)C4(C)C)=CCC2)c1. The molecule has 3 saturated carbocycles. The normalized spacial score (nSPS) is 29.2. The highest BCUT2D eigenvalue weighted by atomic mass is 16.7. The number of anilines is 1. The monoisotopic (exact) mass is 751 g/mol. The molecule has 0 unspecified atom stereocenters. The molecule has 6 rings (SSSR count). The van der Waals surface area contributed by atoms with Gasteiger partial charge < -0.3 is 35.6 Å². The van der Waals surface area contributed by atoms with Crippen LogP contribution in [0.4, 0.5) is 5.69 Å². The van der Waals surface area contributed by atoms with Crippen molar-refractivity contribution in [1.82, 2.24) is 25.5 Å². The van der Waals surface area contributed by atoms with E-state index in [-0.39, 0.29) is 30.0 Å². The van der Waals surface area contributed by atoms with Gasteiger partial charge in [-0.2, -0.15) is 5.06 Å². The van der Waals surface area contributed by atoms with Gasteiger partial charge in [0.1, 0.15) is 11.8 Å². The third-order valence-electron chi connectivity index (χ3n) is 12.8. The van der Waals surface area contributed by atoms with Crippen LogP contribution in [-0.4, -0.2) is 124 Å². The zero-order valence-electron chi connectivity index (χ0n) is 35.2. The number of carbonyl (C=O) groups is 2. The molecular formula is C43H70N6O5. The molecule has 9 atom stereocenters. The molecule has 302 valence electrons. The van der Waals surface area contributed by atoms with Gasteiger partial charge in [-0.25, -0.2) is 0 Å². The van der Waals surface area contributed by atoms with Crippen molar-refractivity contribution in [3.8, 4) is 0 Å². The first-order chi connectivity index (χ1) is 25.4. The lowest BCUT2D eigenvalue weighted by atomic mass is 9.45. The summed E-state index contributed by atoms with van der Waals surface area (Å²) in [6.07, 6.45) is 5.65. The Bertz CT molecular complexity index is 1540. The van der Waals surface area contributed by atoms with Gasteiger partial charge >= 0.3 is 0 Å². The molecule has 5 aliphatic rings. The lowest BCUT2D eigenvalue weighted by Crippen LogP contribution is -2.62. The fourth-order valence-corrected chi connectivity index (χ4v) is 10.0. The van der Waals surface area contributed by atoms with Gasteiger partial charge in [0.15, 0.2) is 0 Å². The quantitative estimate of drug-likeness (QED) is 0.180. The lowest BCUT2D eigenvalue weighted by molar-refractivity contribution is -0.170. The van der Waals surface area contributed by atoms with Gasteiger partial charge in [-0.15, -0.1) is 0 Å². The number of nitrogens with zero attached hydrogens (tertiary/aromatic N) is 3. The standard InChI is InChI=1S/C43H70N6O5/c1-25(2)16-33(23-47(8)9)45-41(51)30-17-29(18-32(19-30)44-7)34-15-13-14-28(40(34)53-12)22-49-39(38(27(4)50)37(54-49)24-48(10)11)42(52)46-36-21-31-20-35(26(36)3)43(31,5)6/h14,17-19,25-27,31,33,35-39,44,50H,13,15-16,20-24H2,1-12H3,(H,45,51)(H,46,52)/t26-,27-,31+,33-,35-,36-,37-,38+,39-/m0/s1. The van der Waals surface area contributed by atoms with E-state index in [1.54, 1.807) is 19.1 Å². The Hall–Kier alpha value is -2.96. The minimum atomic E-state index is -0.758. The van der Waals surface area contributed by atoms with Crippen LogP contribution in [0.15, 0.2) is 35.6 Å². The van der Waals surface area contributed by atoms with Crippen LogP contribution in [0.25, 0.3) is 5.57 Å². The van der Waals surface area contributed by atoms with Crippen LogP contribution < -0.4 is 16.0 Å². The fourth-order valence-electron chi connectivity index (χ4n) is 10.0. The van der Waals surface area contributed by atoms with Crippen molar-refractivity contribution in [2.45, 2.75) is 104 Å². The first-order valence-electron chi connectivity index (χ1n) is 20.3. The highest BCUT2D eigenvalue weighted by molar-refractivity contribution is 5.96. The number of aliphatic hydroxyl groups is 1. The summed E-state index contributed by atoms with van der Waals surface area (Å²) in [7, 11) is 11.6. The van der Waals surface area contributed by atoms with E-state index >= 15 is 0 Å². The number of hydrogen-bond donors (Lipinski definition) is 4. The molecule has 1 saturated heterocycles. The summed E-state index contributed by atoms with van der Waals surface area (Å²) in [5, 5.41) is 23.0. The van der Waals surface area contributed by atoms with Crippen molar-refractivity contribution in [3.05, 3.63) is 46.7 Å². The number of allylic oxidation sites excluding steroid dienone is 2. The highest BCUT2D eigenvalue weighted by Crippen LogP contribution is 2.61. The number of rotatable bonds is 16. The molecule has 1 heterocycles. The number of hydrogen-bond acceptors (Lipinski definition) is 9. The number of carbonyl (C=O) groups excluding carboxylic acids is 2. The first kappa shape index (κ1) is 42.2. The van der Waals surface area contributed by atoms with Crippen molar-refractivity contribution < 1.29 is 24.3 Å². The lowest BCUT2D eigenvalue weighted by Gasteiger charge is -2.62. The second-order valence-corrected chi connectivity index (χ2v) is 18.2. The van der Waals surface area contributed by atoms with Crippen molar-refractivity contribution in [2.24, 2.45) is 35.0 Å². The predicted molar refractivity (Wildman–Crippen MR) is 217 cm³/mol. The number of nitrogens with one attached hydrogen (secondary N) is 3. The summed E-state index contributed by atoms with van der Waals surface area (Å²) in [5.74, 6) is 2.16. The van der Waals surface area contributed by atoms with Gasteiger partial charge in [0, 0.05) is 60.5 Å². The second-order valence-electron chi connectivity index (χ2n) is 18.2. The molecule has 11 nitrogen and oxygen atoms in total. The van der Waals surface area contributed by atoms with Crippen molar-refractivity contribution >= 4 is 23.1 Å². The van der Waals surface area contributed by atoms with Gasteiger partial charge in [-0.3, -0.25) is 14.4 Å². The number of likely N-dealkylation sites (N-methyl/N-ethyl adjacent to an activating group) is 2. The third-order valence-corrected chi connectivity index (χ3v) is 12.8. The molecule has 1 aromatic carbocycles. The zero-order chi connectivity index (χ0) is 39.6. The summed E-state index contributed by atoms with van der Waals surface area (Å²) in [6.45, 7) is 14.8. The van der Waals surface area contributed by atoms with E-state index in [0.29, 0.717) is 47.7 Å². The molecular weight excluding hydrogens is 681 g/mol. The molecule has 2 amide bonds. The van der Waals surface area contributed by atoms with E-state index in [1.165, 1.54) is 6.42 Å². The summed E-state index contributed by atoms with van der Waals surface area (Å²) in [4.78, 5) is 39.1. The van der Waals surface area contributed by atoms with Gasteiger partial charge in [0.05, 0.1) is 25.9 Å². The first-order valence-corrected chi connectivity index (χ1v) is 20.3. The van der Waals surface area contributed by atoms with Crippen molar-refractivity contribution in [3.63, 3.8) is 0 Å². The topological polar surface area (TPSA) is 119 Å². The Balaban J connectivity index is 1.43. The molecule has 1 aromatic rings. The van der Waals surface area contributed by atoms with Crippen molar-refractivity contribution in [2.75, 3.05) is 67.3 Å². The number of benzene rings is 1. The van der Waals surface area contributed by atoms with Crippen LogP contribution in [0.1, 0.15) is 89.6 Å². The second kappa shape index (κ2) is 17.5. The molecule has 4 fully saturated rings. The van der Waals surface area contributed by atoms with Crippen LogP contribution in [0.2, 0.25) is 0 Å². The maximum atomic E-state index is 14.5. The van der Waals surface area contributed by atoms with E-state index in [2.05, 4.69) is 67.6 Å². The summed E-state index contributed by atoms with van der Waals surface area (Å²) in [5.41, 5.74) is 4.59. The maximum absolute atomic E-state index is 14.5. The number of hydroxylamine groups is 2. The Labute approximate surface area is 325 Å². The highest BCUT2D eigenvalue weighted by Gasteiger charge is 2.57.